The van der Waals surface area contributed by atoms with Crippen molar-refractivity contribution >= 4 is 0 Å². The van der Waals surface area contributed by atoms with Crippen LogP contribution >= 0.6 is 0 Å². The summed E-state index contributed by atoms with van der Waals surface area (Å²) >= 11 is 0. The number of likely N-dealkylation sites (tertiary alicyclic amines) is 1. The van der Waals surface area contributed by atoms with E-state index >= 15 is 0 Å². The second kappa shape index (κ2) is 4.40. The van der Waals surface area contributed by atoms with Gasteiger partial charge < -0.3 is 10.5 Å². The molecule has 0 aromatic carbocycles. The lowest BCUT2D eigenvalue weighted by Gasteiger charge is -2.34. The Morgan fingerprint density at radius 2 is 2.00 bits per heavy atom. The first-order valence-electron chi connectivity index (χ1n) is 5.45. The number of nitrogens with two attached hydrogens (primary N) is 1. The van der Waals surface area contributed by atoms with Gasteiger partial charge in [0.2, 0.25) is 0 Å². The highest BCUT2D eigenvalue weighted by Gasteiger charge is 2.30. The molecule has 2 N–H and O–H groups in total. The SMILES string of the molecule is NC[C@H]1CCCN1C1CCOCC1. The Hall–Kier alpha value is -0.120. The first-order chi connectivity index (χ1) is 6.42. The van der Waals surface area contributed by atoms with E-state index in [1.807, 2.05) is 0 Å². The molecule has 2 saturated heterocycles. The van der Waals surface area contributed by atoms with Gasteiger partial charge in [-0.25, -0.2) is 0 Å². The van der Waals surface area contributed by atoms with Crippen LogP contribution in [0, 0.1) is 0 Å². The number of nitrogens with zero attached hydrogens (tertiary/aromatic N) is 1. The number of ether oxygens (including phenoxy) is 1. The normalized spacial score (nSPS) is 32.5. The molecule has 76 valence electrons. The molecule has 0 radical (unpaired) electrons. The molecule has 0 amide bonds. The van der Waals surface area contributed by atoms with Gasteiger partial charge >= 0.3 is 0 Å². The van der Waals surface area contributed by atoms with Gasteiger partial charge in [0, 0.05) is 31.8 Å². The van der Waals surface area contributed by atoms with Crippen molar-refractivity contribution < 1.29 is 4.74 Å². The first kappa shape index (κ1) is 9.44. The Morgan fingerprint density at radius 3 is 2.69 bits per heavy atom. The minimum Gasteiger partial charge on any atom is -0.381 e. The number of hydrogen-bond acceptors (Lipinski definition) is 3. The maximum Gasteiger partial charge on any atom is 0.0480 e. The fourth-order valence-electron chi connectivity index (χ4n) is 2.61. The molecule has 0 saturated carbocycles. The van der Waals surface area contributed by atoms with Crippen LogP contribution in [0.5, 0.6) is 0 Å². The molecule has 0 unspecified atom stereocenters. The largest absolute Gasteiger partial charge is 0.381 e. The van der Waals surface area contributed by atoms with E-state index in [2.05, 4.69) is 4.90 Å². The van der Waals surface area contributed by atoms with Crippen LogP contribution in [0.1, 0.15) is 25.7 Å². The molecule has 3 heteroatoms. The van der Waals surface area contributed by atoms with E-state index in [1.54, 1.807) is 0 Å². The lowest BCUT2D eigenvalue weighted by molar-refractivity contribution is 0.0305. The third-order valence-electron chi connectivity index (χ3n) is 3.35. The van der Waals surface area contributed by atoms with Crippen molar-refractivity contribution in [2.24, 2.45) is 5.73 Å². The zero-order valence-corrected chi connectivity index (χ0v) is 8.24. The second-order valence-corrected chi connectivity index (χ2v) is 4.11. The summed E-state index contributed by atoms with van der Waals surface area (Å²) in [7, 11) is 0. The lowest BCUT2D eigenvalue weighted by atomic mass is 10.1. The van der Waals surface area contributed by atoms with Gasteiger partial charge in [-0.05, 0) is 32.2 Å². The summed E-state index contributed by atoms with van der Waals surface area (Å²) in [5, 5.41) is 0. The van der Waals surface area contributed by atoms with Gasteiger partial charge in [0.15, 0.2) is 0 Å². The molecule has 3 nitrogen and oxygen atoms in total. The third kappa shape index (κ3) is 2.03. The van der Waals surface area contributed by atoms with Crippen molar-refractivity contribution in [1.29, 1.82) is 0 Å². The quantitative estimate of drug-likeness (QED) is 0.682. The molecule has 2 heterocycles. The number of rotatable bonds is 2. The second-order valence-electron chi connectivity index (χ2n) is 4.11. The fraction of sp³-hybridized carbons (Fsp3) is 1.00. The van der Waals surface area contributed by atoms with E-state index in [4.69, 9.17) is 10.5 Å². The molecule has 13 heavy (non-hydrogen) atoms. The van der Waals surface area contributed by atoms with Gasteiger partial charge in [0.25, 0.3) is 0 Å². The summed E-state index contributed by atoms with van der Waals surface area (Å²) in [5.41, 5.74) is 5.76. The first-order valence-corrected chi connectivity index (χ1v) is 5.45. The van der Waals surface area contributed by atoms with Crippen LogP contribution in [-0.4, -0.2) is 43.3 Å². The lowest BCUT2D eigenvalue weighted by Crippen LogP contribution is -2.45. The van der Waals surface area contributed by atoms with Crippen LogP contribution in [0.25, 0.3) is 0 Å². The molecule has 1 atom stereocenters. The maximum atomic E-state index is 5.76. The molecular weight excluding hydrogens is 164 g/mol. The predicted octanol–water partition coefficient (Wildman–Crippen LogP) is 0.588. The molecule has 2 aliphatic heterocycles. The van der Waals surface area contributed by atoms with E-state index in [9.17, 15) is 0 Å². The standard InChI is InChI=1S/C10H20N2O/c11-8-10-2-1-5-12(10)9-3-6-13-7-4-9/h9-10H,1-8,11H2/t10-/m1/s1. The molecule has 0 aliphatic carbocycles. The van der Waals surface area contributed by atoms with Gasteiger partial charge in [-0.2, -0.15) is 0 Å². The van der Waals surface area contributed by atoms with Gasteiger partial charge in [-0.3, -0.25) is 4.90 Å². The summed E-state index contributed by atoms with van der Waals surface area (Å²) in [6, 6.07) is 1.41. The topological polar surface area (TPSA) is 38.5 Å². The minimum absolute atomic E-state index is 0.656. The van der Waals surface area contributed by atoms with E-state index in [1.165, 1.54) is 32.2 Å². The van der Waals surface area contributed by atoms with Crippen molar-refractivity contribution in [2.45, 2.75) is 37.8 Å². The molecule has 0 aromatic heterocycles. The Labute approximate surface area is 80.2 Å². The van der Waals surface area contributed by atoms with Crippen LogP contribution < -0.4 is 5.73 Å². The number of hydrogen-bond donors (Lipinski definition) is 1. The molecule has 0 bridgehead atoms. The van der Waals surface area contributed by atoms with Crippen molar-refractivity contribution in [3.05, 3.63) is 0 Å². The van der Waals surface area contributed by atoms with E-state index in [0.29, 0.717) is 6.04 Å². The zero-order chi connectivity index (χ0) is 9.10. The highest BCUT2D eigenvalue weighted by Crippen LogP contribution is 2.24. The Morgan fingerprint density at radius 1 is 1.23 bits per heavy atom. The molecule has 2 rings (SSSR count). The Kier molecular flexibility index (Phi) is 3.19. The summed E-state index contributed by atoms with van der Waals surface area (Å²) < 4.78 is 5.37. The minimum atomic E-state index is 0.656. The van der Waals surface area contributed by atoms with E-state index in [0.717, 1.165) is 25.8 Å². The van der Waals surface area contributed by atoms with Crippen molar-refractivity contribution in [1.82, 2.24) is 4.90 Å². The summed E-state index contributed by atoms with van der Waals surface area (Å²) in [6.07, 6.45) is 5.04. The van der Waals surface area contributed by atoms with Crippen LogP contribution in [0.15, 0.2) is 0 Å². The van der Waals surface area contributed by atoms with Crippen molar-refractivity contribution in [3.8, 4) is 0 Å². The fourth-order valence-corrected chi connectivity index (χ4v) is 2.61. The predicted molar refractivity (Wildman–Crippen MR) is 52.6 cm³/mol. The van der Waals surface area contributed by atoms with Crippen LogP contribution in [0.2, 0.25) is 0 Å². The summed E-state index contributed by atoms with van der Waals surface area (Å²) in [5.74, 6) is 0. The van der Waals surface area contributed by atoms with Gasteiger partial charge in [-0.1, -0.05) is 0 Å². The monoisotopic (exact) mass is 184 g/mol. The van der Waals surface area contributed by atoms with E-state index < -0.39 is 0 Å². The molecule has 2 aliphatic rings. The average Bonchev–Trinajstić information content (AvgIpc) is 2.67. The smallest absolute Gasteiger partial charge is 0.0480 e. The molecule has 0 spiro atoms. The molecular formula is C10H20N2O. The van der Waals surface area contributed by atoms with Gasteiger partial charge in [0.1, 0.15) is 0 Å². The van der Waals surface area contributed by atoms with Crippen molar-refractivity contribution in [3.63, 3.8) is 0 Å². The third-order valence-corrected chi connectivity index (χ3v) is 3.35. The van der Waals surface area contributed by atoms with Crippen LogP contribution in [0.4, 0.5) is 0 Å². The molecule has 0 aromatic rings. The van der Waals surface area contributed by atoms with E-state index in [-0.39, 0.29) is 0 Å². The zero-order valence-electron chi connectivity index (χ0n) is 8.24. The van der Waals surface area contributed by atoms with Gasteiger partial charge in [0.05, 0.1) is 0 Å². The maximum absolute atomic E-state index is 5.76. The Bertz CT molecular complexity index is 157. The van der Waals surface area contributed by atoms with Crippen LogP contribution in [0.3, 0.4) is 0 Å². The highest BCUT2D eigenvalue weighted by atomic mass is 16.5. The summed E-state index contributed by atoms with van der Waals surface area (Å²) in [4.78, 5) is 2.61. The van der Waals surface area contributed by atoms with Crippen LogP contribution in [-0.2, 0) is 4.74 Å². The average molecular weight is 184 g/mol. The van der Waals surface area contributed by atoms with Crippen molar-refractivity contribution in [2.75, 3.05) is 26.3 Å². The highest BCUT2D eigenvalue weighted by molar-refractivity contribution is 4.86. The van der Waals surface area contributed by atoms with Gasteiger partial charge in [-0.15, -0.1) is 0 Å². The Balaban J connectivity index is 1.90. The summed E-state index contributed by atoms with van der Waals surface area (Å²) in [6.45, 7) is 3.97. The molecule has 2 fully saturated rings.